The van der Waals surface area contributed by atoms with Crippen LogP contribution in [0.4, 0.5) is 43.2 Å². The van der Waals surface area contributed by atoms with Crippen LogP contribution in [0, 0.1) is 37.9 Å². The number of benzene rings is 1. The van der Waals surface area contributed by atoms with Gasteiger partial charge in [-0.3, -0.25) is 33.6 Å². The number of likely N-dealkylation sites (tertiary alicyclic amines) is 1. The van der Waals surface area contributed by atoms with Crippen LogP contribution in [0.25, 0.3) is 0 Å². The highest BCUT2D eigenvalue weighted by Crippen LogP contribution is 2.34. The van der Waals surface area contributed by atoms with Crippen molar-refractivity contribution >= 4 is 130 Å². The van der Waals surface area contributed by atoms with Gasteiger partial charge < -0.3 is 143 Å². The molecule has 143 heavy (non-hydrogen) atoms. The number of hydrogen-bond donors (Lipinski definition) is 2. The number of aliphatic hydroxyl groups is 1. The summed E-state index contributed by atoms with van der Waals surface area (Å²) in [7, 11) is 4.66. The Morgan fingerprint density at radius 3 is 1.19 bits per heavy atom. The Labute approximate surface area is 841 Å². The molecule has 1 atom stereocenters. The maximum Gasteiger partial charge on any atom is 0.508 e. The summed E-state index contributed by atoms with van der Waals surface area (Å²) in [5.41, 5.74) is -6.21. The van der Waals surface area contributed by atoms with E-state index < -0.39 is 134 Å². The highest BCUT2D eigenvalue weighted by Gasteiger charge is 2.49. The van der Waals surface area contributed by atoms with E-state index >= 15 is 0 Å². The molecule has 50 heteroatoms. The first-order valence-electron chi connectivity index (χ1n) is 45.9. The molecule has 10 heterocycles. The van der Waals surface area contributed by atoms with Crippen LogP contribution in [-0.4, -0.2) is 337 Å². The number of methoxy groups -OCH3 is 1. The first-order chi connectivity index (χ1) is 67.3. The highest BCUT2D eigenvalue weighted by atomic mass is 33.1. The third-order valence-corrected chi connectivity index (χ3v) is 24.0. The first kappa shape index (κ1) is 122. The van der Waals surface area contributed by atoms with E-state index in [-0.39, 0.29) is 174 Å². The number of aliphatic hydroxyl groups excluding tert-OH is 1. The van der Waals surface area contributed by atoms with Crippen molar-refractivity contribution in [2.45, 2.75) is 196 Å². The Hall–Kier alpha value is -11.1. The molecule has 0 radical (unpaired) electrons. The fourth-order valence-corrected chi connectivity index (χ4v) is 14.2. The number of piperidine rings is 1. The number of alkyl carbamates (subject to hydrolysis) is 1. The third-order valence-electron chi connectivity index (χ3n) is 20.4. The smallest absolute Gasteiger partial charge is 0.465 e. The molecule has 0 bridgehead atoms. The number of cyclic esters (lactones) is 14. The molecule has 0 saturated carbocycles. The van der Waals surface area contributed by atoms with Crippen molar-refractivity contribution in [3.05, 3.63) is 59.8 Å². The molecule has 9 saturated heterocycles. The largest absolute Gasteiger partial charge is 0.508 e. The summed E-state index contributed by atoms with van der Waals surface area (Å²) in [5, 5.41) is 12.3. The summed E-state index contributed by atoms with van der Waals surface area (Å²) in [4.78, 5) is 188. The number of ether oxygens (including phenoxy) is 27. The second-order valence-electron chi connectivity index (χ2n) is 38.1. The van der Waals surface area contributed by atoms with Crippen molar-refractivity contribution in [2.24, 2.45) is 37.9 Å². The highest BCUT2D eigenvalue weighted by molar-refractivity contribution is 8.76. The van der Waals surface area contributed by atoms with Crippen LogP contribution in [0.1, 0.15) is 160 Å². The maximum atomic E-state index is 12.3. The minimum Gasteiger partial charge on any atom is -0.465 e. The van der Waals surface area contributed by atoms with Gasteiger partial charge in [-0.05, 0) is 155 Å². The van der Waals surface area contributed by atoms with Gasteiger partial charge in [-0.1, -0.05) is 61.9 Å². The predicted octanol–water partition coefficient (Wildman–Crippen LogP) is 11.5. The van der Waals surface area contributed by atoms with E-state index in [1.165, 1.54) is 10.8 Å². The molecule has 0 spiro atoms. The van der Waals surface area contributed by atoms with E-state index in [2.05, 4.69) is 50.0 Å². The van der Waals surface area contributed by atoms with Crippen molar-refractivity contribution in [1.82, 2.24) is 15.2 Å². The number of aromatic nitrogens is 1. The Morgan fingerprint density at radius 1 is 0.434 bits per heavy atom. The molecule has 11 rings (SSSR count). The molecule has 9 aliphatic rings. The quantitative estimate of drug-likeness (QED) is 0.0290. The molecule has 2 amide bonds. The minimum absolute atomic E-state index is 0.0123. The summed E-state index contributed by atoms with van der Waals surface area (Å²) < 4.78 is 134. The normalized spacial score (nSPS) is 19.2. The van der Waals surface area contributed by atoms with E-state index in [1.807, 2.05) is 50.7 Å². The third kappa shape index (κ3) is 47.1. The molecule has 1 unspecified atom stereocenters. The lowest BCUT2D eigenvalue weighted by Crippen LogP contribution is -2.47. The van der Waals surface area contributed by atoms with Crippen LogP contribution >= 0.6 is 33.3 Å². The summed E-state index contributed by atoms with van der Waals surface area (Å²) in [6.07, 6.45) is -0.0957. The van der Waals surface area contributed by atoms with E-state index in [9.17, 15) is 76.7 Å². The molecular weight excluding hydrogens is 1960 g/mol. The number of thioether (sulfide) groups is 1. The summed E-state index contributed by atoms with van der Waals surface area (Å²) in [6.45, 7) is 32.4. The van der Waals surface area contributed by atoms with Crippen LogP contribution < -0.4 is 5.32 Å². The monoisotopic (exact) mass is 2100 g/mol. The van der Waals surface area contributed by atoms with Crippen molar-refractivity contribution in [1.29, 1.82) is 0 Å². The van der Waals surface area contributed by atoms with E-state index in [4.69, 9.17) is 114 Å². The Morgan fingerprint density at radius 2 is 0.811 bits per heavy atom. The average molecular weight is 2100 g/mol. The number of amides is 2. The fourth-order valence-electron chi connectivity index (χ4n) is 11.6. The lowest BCUT2D eigenvalue weighted by atomic mass is 9.92. The van der Waals surface area contributed by atoms with Crippen molar-refractivity contribution in [3.63, 3.8) is 0 Å². The Kier molecular flexibility index (Phi) is 51.4. The van der Waals surface area contributed by atoms with Crippen molar-refractivity contribution in [2.75, 3.05) is 197 Å². The second-order valence-corrected chi connectivity index (χ2v) is 42.5. The van der Waals surface area contributed by atoms with Gasteiger partial charge in [-0.15, -0.1) is 0 Å². The van der Waals surface area contributed by atoms with E-state index in [1.54, 1.807) is 123 Å². The van der Waals surface area contributed by atoms with Crippen LogP contribution in [0.2, 0.25) is 0 Å². The molecular formula is C93H137N3O44S3. The number of nitrogens with one attached hydrogen (secondary N) is 1. The molecule has 0 aliphatic carbocycles. The molecule has 9 fully saturated rings. The number of nitrogens with zero attached hydrogens (tertiary/aromatic N) is 2. The summed E-state index contributed by atoms with van der Waals surface area (Å²) >= 11 is 1.83. The molecule has 1 aromatic carbocycles. The van der Waals surface area contributed by atoms with Gasteiger partial charge in [0.1, 0.15) is 186 Å². The molecule has 2 aromatic rings. The van der Waals surface area contributed by atoms with Crippen molar-refractivity contribution < 1.29 is 210 Å². The summed E-state index contributed by atoms with van der Waals surface area (Å²) in [5.74, 6) is -1.62. The zero-order valence-electron chi connectivity index (χ0n) is 84.1. The molecule has 47 nitrogen and oxygen atoms in total. The second kappa shape index (κ2) is 60.0. The molecule has 806 valence electrons. The zero-order valence-corrected chi connectivity index (χ0v) is 86.5. The Balaban J connectivity index is 0.000000294. The minimum atomic E-state index is -1.03. The predicted molar refractivity (Wildman–Crippen MR) is 498 cm³/mol. The molecule has 1 aromatic heterocycles. The number of carbonyl (C=O) groups is 16. The fraction of sp³-hybridized carbons (Fsp3) is 0.710. The number of pyridine rings is 1. The van der Waals surface area contributed by atoms with E-state index in [0.29, 0.717) is 64.7 Å². The summed E-state index contributed by atoms with van der Waals surface area (Å²) in [6, 6.07) is 12.8. The zero-order chi connectivity index (χ0) is 106. The van der Waals surface area contributed by atoms with Crippen LogP contribution in [0.5, 0.6) is 0 Å². The number of carbonyl (C=O) groups excluding carboxylic acids is 16. The van der Waals surface area contributed by atoms with Crippen LogP contribution in [0.3, 0.4) is 0 Å². The lowest BCUT2D eigenvalue weighted by molar-refractivity contribution is -0.182. The van der Waals surface area contributed by atoms with Gasteiger partial charge in [0.15, 0.2) is 6.29 Å². The van der Waals surface area contributed by atoms with Crippen molar-refractivity contribution in [3.8, 4) is 0 Å². The van der Waals surface area contributed by atoms with Gasteiger partial charge in [-0.2, -0.15) is 11.8 Å². The molecule has 9 aliphatic heterocycles. The van der Waals surface area contributed by atoms with Gasteiger partial charge in [0, 0.05) is 56.3 Å². The Bertz CT molecular complexity index is 4340. The number of rotatable bonds is 33. The topological polar surface area (TPSA) is 571 Å². The number of hydrogen-bond acceptors (Lipinski definition) is 48. The standard InChI is InChI=1S/C16H25NO7.C14H16O6.C13H21NO7.C13H15NO5S2.C13H20O7.C13H22O5S.C11H18O7/c1-15(2,3)24-13(19)17-7-5-11(6-8-17)23-12(18)16(4)9-21-14(20)22-10-16;1-14(8-19-13(17)20-9-14)12(16)18-7-11-4-2-10(6-15)3-5-11;1-12(2,3)21-10(16)14-5-6-18-9(15)13(4)7-19-11(17)20-8-13;1-13(8-18-12(16)19-9-13)11(15)17-6-7-20-21-10-4-2-3-5-14-10;1-13(8-19-12(15)20-9-13)11(14)18-7-6-17-10-4-2-3-5-16-10;1-12(2,3)19-7-5-6-16-10(14)13(4)8-17-11(15)18-9-13;1-11(7-17-10(13)18-8-11)9(12)16-6-5-15-4-3-14-2/h11H,5-10H2,1-4H3;2-5,15H,6-9H2,1H3;5-8H2,1-4H3,(H,14,16);2-5H,6-9H2,1H3;10H,2-9H2,1H3;5-9H2,1-4H3;3-8H2,1-2H3. The van der Waals surface area contributed by atoms with Crippen LogP contribution in [-0.2, 0) is 175 Å². The molecule has 2 N–H and O–H groups in total. The van der Waals surface area contributed by atoms with Gasteiger partial charge in [0.2, 0.25) is 0 Å². The van der Waals surface area contributed by atoms with Crippen LogP contribution in [0.15, 0.2) is 53.7 Å². The average Bonchev–Trinajstić information content (AvgIpc) is 0.841. The maximum absolute atomic E-state index is 12.3. The number of esters is 7. The van der Waals surface area contributed by atoms with Gasteiger partial charge >= 0.3 is 97.1 Å². The lowest BCUT2D eigenvalue weighted by Gasteiger charge is -2.35. The first-order valence-corrected chi connectivity index (χ1v) is 49.2. The van der Waals surface area contributed by atoms with Gasteiger partial charge in [0.05, 0.1) is 46.2 Å². The van der Waals surface area contributed by atoms with Gasteiger partial charge in [-0.25, -0.2) is 48.1 Å². The SMILES string of the molecule is CC(C)(C)OC(=O)N1CCC(OC(=O)C2(C)COC(=O)OC2)CC1.CC(C)(C)OC(=O)NCCOC(=O)C1(C)COC(=O)OC1.CC(C)(C)SCCCOC(=O)C1(C)COC(=O)OC1.CC1(C(=O)OCCOC2CCCCO2)COC(=O)OC1.CC1(C(=O)OCCSSc2ccccn2)COC(=O)OC1.CC1(C(=O)OCc2ccc(CO)cc2)COC(=O)OC1.COCCOCCOC(=O)C1(C)COC(=O)OC1. The van der Waals surface area contributed by atoms with Gasteiger partial charge in [0.25, 0.3) is 0 Å². The van der Waals surface area contributed by atoms with E-state index in [0.717, 1.165) is 47.6 Å².